The van der Waals surface area contributed by atoms with Crippen molar-refractivity contribution in [3.8, 4) is 0 Å². The fourth-order valence-electron chi connectivity index (χ4n) is 2.09. The summed E-state index contributed by atoms with van der Waals surface area (Å²) in [5.41, 5.74) is 0. The monoisotopic (exact) mass is 170 g/mol. The lowest BCUT2D eigenvalue weighted by molar-refractivity contribution is 0.108. The van der Waals surface area contributed by atoms with Gasteiger partial charge in [-0.2, -0.15) is 0 Å². The summed E-state index contributed by atoms with van der Waals surface area (Å²) in [5.74, 6) is 0. The van der Waals surface area contributed by atoms with Gasteiger partial charge in [-0.3, -0.25) is 0 Å². The molecular formula is C10H22N2. The average molecular weight is 170 g/mol. The minimum atomic E-state index is 0.811. The van der Waals surface area contributed by atoms with Gasteiger partial charge in [0, 0.05) is 12.1 Å². The Hall–Kier alpha value is -0.0800. The second kappa shape index (κ2) is 4.24. The van der Waals surface area contributed by atoms with Crippen molar-refractivity contribution in [1.82, 2.24) is 9.80 Å². The van der Waals surface area contributed by atoms with Gasteiger partial charge >= 0.3 is 0 Å². The van der Waals surface area contributed by atoms with Gasteiger partial charge in [0.1, 0.15) is 0 Å². The first kappa shape index (κ1) is 10.0. The Labute approximate surface area is 76.5 Å². The zero-order valence-corrected chi connectivity index (χ0v) is 8.88. The summed E-state index contributed by atoms with van der Waals surface area (Å²) in [6.07, 6.45) is 3.97. The van der Waals surface area contributed by atoms with E-state index in [1.165, 1.54) is 25.8 Å². The molecule has 1 fully saturated rings. The van der Waals surface area contributed by atoms with E-state index >= 15 is 0 Å². The summed E-state index contributed by atoms with van der Waals surface area (Å²) in [4.78, 5) is 4.87. The molecule has 1 aliphatic heterocycles. The molecule has 2 unspecified atom stereocenters. The molecule has 0 spiro atoms. The molecule has 0 aromatic carbocycles. The molecule has 0 radical (unpaired) electrons. The maximum absolute atomic E-state index is 2.50. The quantitative estimate of drug-likeness (QED) is 0.618. The van der Waals surface area contributed by atoms with Crippen LogP contribution in [0.15, 0.2) is 0 Å². The van der Waals surface area contributed by atoms with Crippen molar-refractivity contribution in [1.29, 1.82) is 0 Å². The third-order valence-electron chi connectivity index (χ3n) is 3.18. The topological polar surface area (TPSA) is 6.48 Å². The second-order valence-electron chi connectivity index (χ2n) is 4.18. The molecule has 1 rings (SSSR count). The van der Waals surface area contributed by atoms with E-state index in [1.54, 1.807) is 0 Å². The molecule has 2 atom stereocenters. The van der Waals surface area contributed by atoms with Crippen LogP contribution in [0.25, 0.3) is 0 Å². The van der Waals surface area contributed by atoms with E-state index in [-0.39, 0.29) is 0 Å². The molecule has 0 aromatic rings. The number of hydrogen-bond donors (Lipinski definition) is 0. The van der Waals surface area contributed by atoms with Crippen LogP contribution >= 0.6 is 0 Å². The normalized spacial score (nSPS) is 32.8. The smallest absolute Gasteiger partial charge is 0.0116 e. The Morgan fingerprint density at radius 3 is 2.58 bits per heavy atom. The van der Waals surface area contributed by atoms with Crippen LogP contribution < -0.4 is 0 Å². The molecule has 0 N–H and O–H groups in total. The SMILES string of the molecule is CCC1CC(N(C)C)CCN1C. The van der Waals surface area contributed by atoms with Gasteiger partial charge in [0.2, 0.25) is 0 Å². The lowest BCUT2D eigenvalue weighted by Gasteiger charge is -2.39. The van der Waals surface area contributed by atoms with Crippen LogP contribution in [0.1, 0.15) is 26.2 Å². The Kier molecular flexibility index (Phi) is 3.53. The number of hydrogen-bond acceptors (Lipinski definition) is 2. The van der Waals surface area contributed by atoms with Crippen LogP contribution in [0, 0.1) is 0 Å². The molecule has 1 saturated heterocycles. The van der Waals surface area contributed by atoms with E-state index in [2.05, 4.69) is 37.9 Å². The molecule has 0 saturated carbocycles. The van der Waals surface area contributed by atoms with Gasteiger partial charge in [0.25, 0.3) is 0 Å². The molecule has 1 heterocycles. The Morgan fingerprint density at radius 1 is 1.42 bits per heavy atom. The molecule has 1 aliphatic rings. The summed E-state index contributed by atoms with van der Waals surface area (Å²) in [6, 6.07) is 1.62. The zero-order chi connectivity index (χ0) is 9.14. The summed E-state index contributed by atoms with van der Waals surface area (Å²) in [7, 11) is 6.64. The van der Waals surface area contributed by atoms with Crippen LogP contribution in [-0.4, -0.2) is 49.6 Å². The van der Waals surface area contributed by atoms with Crippen molar-refractivity contribution in [2.24, 2.45) is 0 Å². The summed E-state index contributed by atoms with van der Waals surface area (Å²) in [5, 5.41) is 0. The van der Waals surface area contributed by atoms with Gasteiger partial charge in [-0.05, 0) is 47.0 Å². The molecule has 0 amide bonds. The van der Waals surface area contributed by atoms with E-state index in [4.69, 9.17) is 0 Å². The van der Waals surface area contributed by atoms with Gasteiger partial charge < -0.3 is 9.80 Å². The highest BCUT2D eigenvalue weighted by Crippen LogP contribution is 2.20. The largest absolute Gasteiger partial charge is 0.306 e. The fourth-order valence-corrected chi connectivity index (χ4v) is 2.09. The van der Waals surface area contributed by atoms with Crippen molar-refractivity contribution in [2.75, 3.05) is 27.7 Å². The van der Waals surface area contributed by atoms with E-state index < -0.39 is 0 Å². The molecule has 12 heavy (non-hydrogen) atoms. The van der Waals surface area contributed by atoms with Crippen molar-refractivity contribution < 1.29 is 0 Å². The maximum atomic E-state index is 2.50. The first-order valence-corrected chi connectivity index (χ1v) is 5.01. The predicted molar refractivity (Wildman–Crippen MR) is 53.4 cm³/mol. The van der Waals surface area contributed by atoms with Gasteiger partial charge in [0.15, 0.2) is 0 Å². The van der Waals surface area contributed by atoms with E-state index in [0.717, 1.165) is 12.1 Å². The minimum absolute atomic E-state index is 0.811. The Bertz CT molecular complexity index is 134. The van der Waals surface area contributed by atoms with Crippen LogP contribution in [-0.2, 0) is 0 Å². The number of nitrogens with zero attached hydrogens (tertiary/aromatic N) is 2. The first-order chi connectivity index (χ1) is 5.65. The Balaban J connectivity index is 2.44. The van der Waals surface area contributed by atoms with Gasteiger partial charge in [-0.25, -0.2) is 0 Å². The highest BCUT2D eigenvalue weighted by Gasteiger charge is 2.25. The molecule has 0 bridgehead atoms. The van der Waals surface area contributed by atoms with Crippen molar-refractivity contribution in [2.45, 2.75) is 38.3 Å². The third-order valence-corrected chi connectivity index (χ3v) is 3.18. The van der Waals surface area contributed by atoms with E-state index in [0.29, 0.717) is 0 Å². The highest BCUT2D eigenvalue weighted by atomic mass is 15.2. The van der Waals surface area contributed by atoms with E-state index in [9.17, 15) is 0 Å². The molecule has 0 aliphatic carbocycles. The standard InChI is InChI=1S/C10H22N2/c1-5-9-8-10(11(2)3)6-7-12(9)4/h9-10H,5-8H2,1-4H3. The van der Waals surface area contributed by atoms with Crippen molar-refractivity contribution in [3.05, 3.63) is 0 Å². The lowest BCUT2D eigenvalue weighted by atomic mass is 9.95. The zero-order valence-electron chi connectivity index (χ0n) is 8.88. The minimum Gasteiger partial charge on any atom is -0.306 e. The van der Waals surface area contributed by atoms with Gasteiger partial charge in [0.05, 0.1) is 0 Å². The van der Waals surface area contributed by atoms with Gasteiger partial charge in [-0.15, -0.1) is 0 Å². The van der Waals surface area contributed by atoms with Crippen LogP contribution in [0.4, 0.5) is 0 Å². The fraction of sp³-hybridized carbons (Fsp3) is 1.00. The molecule has 2 nitrogen and oxygen atoms in total. The molecule has 72 valence electrons. The van der Waals surface area contributed by atoms with Gasteiger partial charge in [-0.1, -0.05) is 6.92 Å². The third kappa shape index (κ3) is 2.20. The lowest BCUT2D eigenvalue weighted by Crippen LogP contribution is -2.46. The summed E-state index contributed by atoms with van der Waals surface area (Å²) < 4.78 is 0. The van der Waals surface area contributed by atoms with Crippen molar-refractivity contribution >= 4 is 0 Å². The van der Waals surface area contributed by atoms with Crippen LogP contribution in [0.3, 0.4) is 0 Å². The van der Waals surface area contributed by atoms with Crippen molar-refractivity contribution in [3.63, 3.8) is 0 Å². The molecule has 2 heteroatoms. The number of piperidine rings is 1. The number of likely N-dealkylation sites (tertiary alicyclic amines) is 1. The van der Waals surface area contributed by atoms with E-state index in [1.807, 2.05) is 0 Å². The van der Waals surface area contributed by atoms with Crippen LogP contribution in [0.5, 0.6) is 0 Å². The maximum Gasteiger partial charge on any atom is 0.0116 e. The highest BCUT2D eigenvalue weighted by molar-refractivity contribution is 4.82. The summed E-state index contributed by atoms with van der Waals surface area (Å²) in [6.45, 7) is 3.56. The average Bonchev–Trinajstić information content (AvgIpc) is 2.05. The second-order valence-corrected chi connectivity index (χ2v) is 4.18. The number of rotatable bonds is 2. The molecule has 0 aromatic heterocycles. The van der Waals surface area contributed by atoms with Crippen LogP contribution in [0.2, 0.25) is 0 Å². The molecular weight excluding hydrogens is 148 g/mol. The summed E-state index contributed by atoms with van der Waals surface area (Å²) >= 11 is 0. The first-order valence-electron chi connectivity index (χ1n) is 5.01. The predicted octanol–water partition coefficient (Wildman–Crippen LogP) is 1.42. The Morgan fingerprint density at radius 2 is 2.08 bits per heavy atom.